The molecule has 1 rings (SSSR count). The maximum Gasteiger partial charge on any atom is 0.401 e. The van der Waals surface area contributed by atoms with Gasteiger partial charge in [-0.25, -0.2) is 9.18 Å². The molecule has 0 saturated carbocycles. The van der Waals surface area contributed by atoms with Crippen molar-refractivity contribution in [2.45, 2.75) is 19.6 Å². The Morgan fingerprint density at radius 1 is 1.33 bits per heavy atom. The number of carboxylic acids is 1. The van der Waals surface area contributed by atoms with Gasteiger partial charge >= 0.3 is 12.1 Å². The van der Waals surface area contributed by atoms with Gasteiger partial charge in [-0.2, -0.15) is 13.2 Å². The predicted molar refractivity (Wildman–Crippen MR) is 70.1 cm³/mol. The van der Waals surface area contributed by atoms with Gasteiger partial charge in [-0.3, -0.25) is 4.90 Å². The van der Waals surface area contributed by atoms with Gasteiger partial charge in [0.2, 0.25) is 0 Å². The first-order valence-corrected chi connectivity index (χ1v) is 6.19. The van der Waals surface area contributed by atoms with Crippen molar-refractivity contribution in [3.8, 4) is 0 Å². The molecule has 1 aromatic carbocycles. The number of halogens is 4. The van der Waals surface area contributed by atoms with Gasteiger partial charge in [0.25, 0.3) is 0 Å². The summed E-state index contributed by atoms with van der Waals surface area (Å²) >= 11 is 0. The number of alkyl halides is 3. The molecular formula is C14H15F4NO2. The summed E-state index contributed by atoms with van der Waals surface area (Å²) in [5.74, 6) is -1.81. The largest absolute Gasteiger partial charge is 0.478 e. The topological polar surface area (TPSA) is 40.5 Å². The second kappa shape index (κ2) is 7.21. The van der Waals surface area contributed by atoms with E-state index >= 15 is 0 Å². The van der Waals surface area contributed by atoms with Crippen LogP contribution in [0.15, 0.2) is 24.3 Å². The molecule has 0 amide bonds. The zero-order chi connectivity index (χ0) is 16.0. The molecule has 116 valence electrons. The fourth-order valence-corrected chi connectivity index (χ4v) is 1.82. The molecule has 21 heavy (non-hydrogen) atoms. The van der Waals surface area contributed by atoms with Crippen molar-refractivity contribution in [3.05, 3.63) is 41.2 Å². The number of hydrogen-bond donors (Lipinski definition) is 1. The molecule has 1 aromatic rings. The molecule has 0 aromatic heterocycles. The Morgan fingerprint density at radius 3 is 2.52 bits per heavy atom. The highest BCUT2D eigenvalue weighted by Gasteiger charge is 2.30. The summed E-state index contributed by atoms with van der Waals surface area (Å²) in [5.41, 5.74) is 0.640. The molecule has 0 saturated heterocycles. The number of aliphatic carboxylic acids is 1. The van der Waals surface area contributed by atoms with Crippen LogP contribution in [0.1, 0.15) is 18.1 Å². The third-order valence-electron chi connectivity index (χ3n) is 2.65. The van der Waals surface area contributed by atoms with E-state index in [4.69, 9.17) is 5.11 Å². The van der Waals surface area contributed by atoms with E-state index in [1.165, 1.54) is 12.1 Å². The number of carbonyl (C=O) groups is 1. The van der Waals surface area contributed by atoms with Crippen LogP contribution in [0.3, 0.4) is 0 Å². The van der Waals surface area contributed by atoms with Crippen molar-refractivity contribution in [3.63, 3.8) is 0 Å². The van der Waals surface area contributed by atoms with Crippen molar-refractivity contribution >= 4 is 12.0 Å². The van der Waals surface area contributed by atoms with Crippen LogP contribution < -0.4 is 0 Å². The second-order valence-corrected chi connectivity index (χ2v) is 4.48. The molecule has 1 N–H and O–H groups in total. The van der Waals surface area contributed by atoms with Crippen LogP contribution in [0.5, 0.6) is 0 Å². The summed E-state index contributed by atoms with van der Waals surface area (Å²) < 4.78 is 50.5. The van der Waals surface area contributed by atoms with Crippen LogP contribution in [0.2, 0.25) is 0 Å². The minimum Gasteiger partial charge on any atom is -0.478 e. The van der Waals surface area contributed by atoms with Gasteiger partial charge < -0.3 is 5.11 Å². The first-order chi connectivity index (χ1) is 9.69. The molecule has 0 spiro atoms. The van der Waals surface area contributed by atoms with Gasteiger partial charge in [-0.15, -0.1) is 0 Å². The Hall–Kier alpha value is -1.89. The van der Waals surface area contributed by atoms with Crippen molar-refractivity contribution in [2.75, 3.05) is 13.1 Å². The number of hydrogen-bond acceptors (Lipinski definition) is 2. The van der Waals surface area contributed by atoms with E-state index in [0.717, 1.165) is 23.1 Å². The number of carboxylic acid groups (broad SMARTS) is 1. The van der Waals surface area contributed by atoms with E-state index in [9.17, 15) is 22.4 Å². The van der Waals surface area contributed by atoms with Gasteiger partial charge in [0.05, 0.1) is 6.54 Å². The average Bonchev–Trinajstić information content (AvgIpc) is 2.33. The molecule has 7 heteroatoms. The van der Waals surface area contributed by atoms with Crippen molar-refractivity contribution in [2.24, 2.45) is 0 Å². The summed E-state index contributed by atoms with van der Waals surface area (Å²) in [4.78, 5) is 11.5. The molecule has 0 unspecified atom stereocenters. The summed E-state index contributed by atoms with van der Waals surface area (Å²) in [6.07, 6.45) is -2.30. The van der Waals surface area contributed by atoms with Gasteiger partial charge in [0.1, 0.15) is 5.82 Å². The van der Waals surface area contributed by atoms with Crippen LogP contribution in [0, 0.1) is 5.82 Å². The van der Waals surface area contributed by atoms with Crippen molar-refractivity contribution < 1.29 is 27.5 Å². The molecule has 3 nitrogen and oxygen atoms in total. The molecule has 0 atom stereocenters. The molecule has 0 fully saturated rings. The van der Waals surface area contributed by atoms with E-state index in [-0.39, 0.29) is 18.7 Å². The fraction of sp³-hybridized carbons (Fsp3) is 0.357. The highest BCUT2D eigenvalue weighted by atomic mass is 19.4. The van der Waals surface area contributed by atoms with Gasteiger partial charge in [-0.05, 0) is 35.9 Å². The van der Waals surface area contributed by atoms with E-state index in [1.54, 1.807) is 6.92 Å². The SMILES string of the molecule is CCN(Cc1cc(F)cc(C=CC(=O)O)c1)CC(F)(F)F. The normalized spacial score (nSPS) is 12.3. The lowest BCUT2D eigenvalue weighted by Gasteiger charge is -2.22. The summed E-state index contributed by atoms with van der Waals surface area (Å²) in [5, 5.41) is 8.51. The molecule has 0 heterocycles. The molecule has 0 bridgehead atoms. The Kier molecular flexibility index (Phi) is 5.90. The highest BCUT2D eigenvalue weighted by molar-refractivity contribution is 5.85. The minimum atomic E-state index is -4.32. The van der Waals surface area contributed by atoms with E-state index in [1.807, 2.05) is 0 Å². The number of nitrogens with zero attached hydrogens (tertiary/aromatic N) is 1. The summed E-state index contributed by atoms with van der Waals surface area (Å²) in [6.45, 7) is 0.592. The van der Waals surface area contributed by atoms with E-state index in [0.29, 0.717) is 5.56 Å². The second-order valence-electron chi connectivity index (χ2n) is 4.48. The lowest BCUT2D eigenvalue weighted by molar-refractivity contribution is -0.146. The van der Waals surface area contributed by atoms with Crippen LogP contribution in [0.4, 0.5) is 17.6 Å². The lowest BCUT2D eigenvalue weighted by Crippen LogP contribution is -2.33. The van der Waals surface area contributed by atoms with Gasteiger partial charge in [0.15, 0.2) is 0 Å². The molecule has 0 radical (unpaired) electrons. The molecule has 0 aliphatic heterocycles. The zero-order valence-electron chi connectivity index (χ0n) is 11.3. The van der Waals surface area contributed by atoms with E-state index < -0.39 is 24.5 Å². The molecular weight excluding hydrogens is 290 g/mol. The zero-order valence-corrected chi connectivity index (χ0v) is 11.3. The van der Waals surface area contributed by atoms with Crippen LogP contribution in [0.25, 0.3) is 6.08 Å². The first-order valence-electron chi connectivity index (χ1n) is 6.19. The maximum atomic E-state index is 13.4. The quantitative estimate of drug-likeness (QED) is 0.647. The Morgan fingerprint density at radius 2 is 2.00 bits per heavy atom. The third-order valence-corrected chi connectivity index (χ3v) is 2.65. The standard InChI is InChI=1S/C14H15F4NO2/c1-2-19(9-14(16,17)18)8-11-5-10(3-4-13(20)21)6-12(15)7-11/h3-7H,2,8-9H2,1H3,(H,20,21). The van der Waals surface area contributed by atoms with E-state index in [2.05, 4.69) is 0 Å². The van der Waals surface area contributed by atoms with Crippen LogP contribution >= 0.6 is 0 Å². The molecule has 0 aliphatic carbocycles. The van der Waals surface area contributed by atoms with Crippen LogP contribution in [-0.4, -0.2) is 35.2 Å². The smallest absolute Gasteiger partial charge is 0.401 e. The third kappa shape index (κ3) is 6.89. The lowest BCUT2D eigenvalue weighted by atomic mass is 10.1. The fourth-order valence-electron chi connectivity index (χ4n) is 1.82. The van der Waals surface area contributed by atoms with Gasteiger partial charge in [-0.1, -0.05) is 13.0 Å². The monoisotopic (exact) mass is 305 g/mol. The minimum absolute atomic E-state index is 0.0678. The maximum absolute atomic E-state index is 13.4. The first kappa shape index (κ1) is 17.2. The Labute approximate surface area is 119 Å². The van der Waals surface area contributed by atoms with Gasteiger partial charge in [0, 0.05) is 12.6 Å². The number of benzene rings is 1. The summed E-state index contributed by atoms with van der Waals surface area (Å²) in [7, 11) is 0. The van der Waals surface area contributed by atoms with Crippen molar-refractivity contribution in [1.82, 2.24) is 4.90 Å². The summed E-state index contributed by atoms with van der Waals surface area (Å²) in [6, 6.07) is 3.71. The average molecular weight is 305 g/mol. The Balaban J connectivity index is 2.89. The highest BCUT2D eigenvalue weighted by Crippen LogP contribution is 2.19. The number of rotatable bonds is 6. The Bertz CT molecular complexity index is 526. The molecule has 0 aliphatic rings. The van der Waals surface area contributed by atoms with Crippen molar-refractivity contribution in [1.29, 1.82) is 0 Å². The van der Waals surface area contributed by atoms with Crippen LogP contribution in [-0.2, 0) is 11.3 Å². The predicted octanol–water partition coefficient (Wildman–Crippen LogP) is 3.31.